The molecule has 1 aliphatic carbocycles. The minimum atomic E-state index is -0.262. The van der Waals surface area contributed by atoms with Crippen LogP contribution < -0.4 is 14.8 Å². The van der Waals surface area contributed by atoms with Gasteiger partial charge in [-0.2, -0.15) is 0 Å². The number of rotatable bonds is 7. The third-order valence-electron chi connectivity index (χ3n) is 6.27. The van der Waals surface area contributed by atoms with Crippen LogP contribution in [-0.4, -0.2) is 49.6 Å². The number of benzene rings is 2. The molecular formula is C26H29BrN2O5. The second-order valence-electron chi connectivity index (χ2n) is 8.43. The Balaban J connectivity index is 1.50. The van der Waals surface area contributed by atoms with E-state index in [2.05, 4.69) is 21.2 Å². The molecule has 7 nitrogen and oxygen atoms in total. The standard InChI is InChI=1S/C26H29BrN2O5/c1-32-21-9-5-3-7-18(21)15-28-25(30)16-29-20-8-4-6-10-23(20)34-24(26(29)31)14-17-11-12-22(33-2)19(27)13-17/h3,5,7,9,11-14,20,23H,4,6,8,10,15-16H2,1-2H3,(H,28,30)/b24-14-. The van der Waals surface area contributed by atoms with Crippen molar-refractivity contribution in [1.29, 1.82) is 0 Å². The summed E-state index contributed by atoms with van der Waals surface area (Å²) in [6, 6.07) is 13.0. The van der Waals surface area contributed by atoms with E-state index in [-0.39, 0.29) is 36.3 Å². The third-order valence-corrected chi connectivity index (χ3v) is 6.89. The quantitative estimate of drug-likeness (QED) is 0.542. The number of carbonyl (C=O) groups is 2. The number of nitrogens with one attached hydrogen (secondary N) is 1. The van der Waals surface area contributed by atoms with Crippen molar-refractivity contribution in [3.63, 3.8) is 0 Å². The van der Waals surface area contributed by atoms with Gasteiger partial charge in [0.1, 0.15) is 24.1 Å². The molecule has 180 valence electrons. The fraction of sp³-hybridized carbons (Fsp3) is 0.385. The Morgan fingerprint density at radius 3 is 2.68 bits per heavy atom. The first-order chi connectivity index (χ1) is 16.5. The molecule has 0 spiro atoms. The number of halogens is 1. The highest BCUT2D eigenvalue weighted by Gasteiger charge is 2.42. The van der Waals surface area contributed by atoms with Crippen molar-refractivity contribution in [2.45, 2.75) is 44.4 Å². The molecule has 34 heavy (non-hydrogen) atoms. The van der Waals surface area contributed by atoms with Gasteiger partial charge >= 0.3 is 0 Å². The number of hydrogen-bond donors (Lipinski definition) is 1. The van der Waals surface area contributed by atoms with Gasteiger partial charge in [-0.3, -0.25) is 9.59 Å². The predicted octanol–water partition coefficient (Wildman–Crippen LogP) is 4.29. The molecule has 2 aromatic carbocycles. The number of fused-ring (bicyclic) bond motifs is 1. The fourth-order valence-corrected chi connectivity index (χ4v) is 5.10. The largest absolute Gasteiger partial charge is 0.496 e. The molecule has 1 N–H and O–H groups in total. The van der Waals surface area contributed by atoms with E-state index in [1.54, 1.807) is 25.2 Å². The van der Waals surface area contributed by atoms with Crippen LogP contribution >= 0.6 is 15.9 Å². The summed E-state index contributed by atoms with van der Waals surface area (Å²) in [4.78, 5) is 27.9. The number of nitrogens with zero attached hydrogens (tertiary/aromatic N) is 1. The number of hydrogen-bond acceptors (Lipinski definition) is 5. The van der Waals surface area contributed by atoms with E-state index in [1.165, 1.54) is 0 Å². The van der Waals surface area contributed by atoms with Crippen LogP contribution in [0.2, 0.25) is 0 Å². The minimum Gasteiger partial charge on any atom is -0.496 e. The number of amides is 2. The zero-order valence-electron chi connectivity index (χ0n) is 19.4. The molecule has 0 aromatic heterocycles. The van der Waals surface area contributed by atoms with E-state index in [0.29, 0.717) is 18.0 Å². The lowest BCUT2D eigenvalue weighted by molar-refractivity contribution is -0.151. The molecule has 2 aromatic rings. The molecule has 1 saturated carbocycles. The maximum atomic E-state index is 13.4. The Kier molecular flexibility index (Phi) is 7.77. The van der Waals surface area contributed by atoms with Gasteiger partial charge in [0.25, 0.3) is 5.91 Å². The van der Waals surface area contributed by atoms with Crippen LogP contribution in [0.4, 0.5) is 0 Å². The Morgan fingerprint density at radius 1 is 1.15 bits per heavy atom. The average molecular weight is 529 g/mol. The fourth-order valence-electron chi connectivity index (χ4n) is 4.54. The molecule has 2 aliphatic rings. The molecule has 1 saturated heterocycles. The summed E-state index contributed by atoms with van der Waals surface area (Å²) < 4.78 is 17.6. The zero-order chi connectivity index (χ0) is 24.1. The minimum absolute atomic E-state index is 0.0117. The monoisotopic (exact) mass is 528 g/mol. The second kappa shape index (κ2) is 11.0. The van der Waals surface area contributed by atoms with E-state index >= 15 is 0 Å². The van der Waals surface area contributed by atoms with Crippen LogP contribution in [-0.2, 0) is 20.9 Å². The first kappa shape index (κ1) is 24.1. The molecule has 0 bridgehead atoms. The summed E-state index contributed by atoms with van der Waals surface area (Å²) in [7, 11) is 3.21. The summed E-state index contributed by atoms with van der Waals surface area (Å²) in [6.07, 6.45) is 5.38. The number of methoxy groups -OCH3 is 2. The lowest BCUT2D eigenvalue weighted by atomic mass is 9.89. The summed E-state index contributed by atoms with van der Waals surface area (Å²) in [5, 5.41) is 2.93. The Labute approximate surface area is 208 Å². The SMILES string of the molecule is COc1ccc(/C=C2\OC3CCCCC3N(CC(=O)NCc3ccccc3OC)C2=O)cc1Br. The van der Waals surface area contributed by atoms with Gasteiger partial charge in [0.2, 0.25) is 5.91 Å². The molecule has 2 unspecified atom stereocenters. The van der Waals surface area contributed by atoms with Crippen LogP contribution in [0.5, 0.6) is 11.5 Å². The van der Waals surface area contributed by atoms with E-state index < -0.39 is 0 Å². The van der Waals surface area contributed by atoms with E-state index in [4.69, 9.17) is 14.2 Å². The lowest BCUT2D eigenvalue weighted by Gasteiger charge is -2.44. The van der Waals surface area contributed by atoms with Crippen molar-refractivity contribution in [1.82, 2.24) is 10.2 Å². The van der Waals surface area contributed by atoms with Crippen LogP contribution in [0.15, 0.2) is 52.7 Å². The van der Waals surface area contributed by atoms with E-state index in [9.17, 15) is 9.59 Å². The summed E-state index contributed by atoms with van der Waals surface area (Å²) in [5.74, 6) is 1.21. The number of ether oxygens (including phenoxy) is 3. The summed E-state index contributed by atoms with van der Waals surface area (Å²) >= 11 is 3.48. The molecular weight excluding hydrogens is 500 g/mol. The molecule has 0 radical (unpaired) electrons. The number of carbonyl (C=O) groups excluding carboxylic acids is 2. The summed E-state index contributed by atoms with van der Waals surface area (Å²) in [6.45, 7) is 0.320. The molecule has 4 rings (SSSR count). The van der Waals surface area contributed by atoms with Gasteiger partial charge in [-0.25, -0.2) is 0 Å². The first-order valence-corrected chi connectivity index (χ1v) is 12.2. The number of morpholine rings is 1. The highest BCUT2D eigenvalue weighted by Crippen LogP contribution is 2.34. The van der Waals surface area contributed by atoms with E-state index in [0.717, 1.165) is 41.3 Å². The van der Waals surface area contributed by atoms with Gasteiger partial charge in [0, 0.05) is 12.1 Å². The summed E-state index contributed by atoms with van der Waals surface area (Å²) in [5.41, 5.74) is 1.69. The van der Waals surface area contributed by atoms with Gasteiger partial charge in [0.15, 0.2) is 5.76 Å². The molecule has 1 aliphatic heterocycles. The lowest BCUT2D eigenvalue weighted by Crippen LogP contribution is -2.57. The second-order valence-corrected chi connectivity index (χ2v) is 9.29. The smallest absolute Gasteiger partial charge is 0.289 e. The molecule has 8 heteroatoms. The van der Waals surface area contributed by atoms with Crippen LogP contribution in [0.25, 0.3) is 6.08 Å². The normalized spacial score (nSPS) is 21.0. The van der Waals surface area contributed by atoms with Crippen LogP contribution in [0.1, 0.15) is 36.8 Å². The van der Waals surface area contributed by atoms with Crippen molar-refractivity contribution in [3.8, 4) is 11.5 Å². The zero-order valence-corrected chi connectivity index (χ0v) is 21.0. The molecule has 2 atom stereocenters. The van der Waals surface area contributed by atoms with Gasteiger partial charge in [-0.1, -0.05) is 30.7 Å². The highest BCUT2D eigenvalue weighted by molar-refractivity contribution is 9.10. The van der Waals surface area contributed by atoms with Gasteiger partial charge in [-0.15, -0.1) is 0 Å². The highest BCUT2D eigenvalue weighted by atomic mass is 79.9. The van der Waals surface area contributed by atoms with E-state index in [1.807, 2.05) is 42.5 Å². The number of para-hydroxylation sites is 1. The topological polar surface area (TPSA) is 77.1 Å². The van der Waals surface area contributed by atoms with Crippen LogP contribution in [0.3, 0.4) is 0 Å². The first-order valence-electron chi connectivity index (χ1n) is 11.4. The maximum absolute atomic E-state index is 13.4. The van der Waals surface area contributed by atoms with Crippen molar-refractivity contribution < 1.29 is 23.8 Å². The maximum Gasteiger partial charge on any atom is 0.289 e. The van der Waals surface area contributed by atoms with Gasteiger partial charge in [-0.05, 0) is 65.0 Å². The molecule has 2 amide bonds. The van der Waals surface area contributed by atoms with Crippen molar-refractivity contribution in [3.05, 3.63) is 63.8 Å². The molecule has 1 heterocycles. The third kappa shape index (κ3) is 5.38. The molecule has 2 fully saturated rings. The van der Waals surface area contributed by atoms with Crippen molar-refractivity contribution in [2.75, 3.05) is 20.8 Å². The van der Waals surface area contributed by atoms with Crippen molar-refractivity contribution >= 4 is 33.8 Å². The van der Waals surface area contributed by atoms with Crippen molar-refractivity contribution in [2.24, 2.45) is 0 Å². The Morgan fingerprint density at radius 2 is 1.91 bits per heavy atom. The Hall–Kier alpha value is -3.00. The van der Waals surface area contributed by atoms with Gasteiger partial charge < -0.3 is 24.4 Å². The van der Waals surface area contributed by atoms with Gasteiger partial charge in [0.05, 0.1) is 24.7 Å². The predicted molar refractivity (Wildman–Crippen MR) is 132 cm³/mol. The average Bonchev–Trinajstić information content (AvgIpc) is 2.85. The van der Waals surface area contributed by atoms with Crippen LogP contribution in [0, 0.1) is 0 Å². The Bertz CT molecular complexity index is 1090.